The minimum Gasteiger partial charge on any atom is -0.506 e. The molecule has 3 aromatic rings. The number of aromatic nitrogens is 1. The van der Waals surface area contributed by atoms with Gasteiger partial charge in [-0.25, -0.2) is 0 Å². The number of hydrogen-bond acceptors (Lipinski definition) is 4. The Bertz CT molecular complexity index is 1510. The number of unbranched alkanes of at least 4 members (excludes halogenated alkanes) is 15. The predicted octanol–water partition coefficient (Wildman–Crippen LogP) is 12.2. The topological polar surface area (TPSA) is 108 Å². The maximum Gasteiger partial charge on any atom is 0.455 e. The maximum absolute atomic E-state index is 13.5. The van der Waals surface area contributed by atoms with Gasteiger partial charge in [0, 0.05) is 85.2 Å². The number of rotatable bonds is 23. The molecule has 3 N–H and O–H groups in total. The molecule has 0 fully saturated rings. The largest absolute Gasteiger partial charge is 0.506 e. The molecule has 297 valence electrons. The number of aromatic hydroxyl groups is 1. The Labute approximate surface area is 351 Å². The van der Waals surface area contributed by atoms with E-state index in [2.05, 4.69) is 20.8 Å². The van der Waals surface area contributed by atoms with Crippen molar-refractivity contribution in [1.29, 1.82) is 0 Å². The molecule has 0 aliphatic rings. The first-order valence-corrected chi connectivity index (χ1v) is 21.7. The van der Waals surface area contributed by atoms with Crippen molar-refractivity contribution in [2.24, 2.45) is 0 Å². The number of pyridine rings is 1. The number of carbonyl (C=O) groups excluding carboxylic acids is 1. The van der Waals surface area contributed by atoms with Gasteiger partial charge in [-0.1, -0.05) is 147 Å². The van der Waals surface area contributed by atoms with Crippen LogP contribution in [0.3, 0.4) is 0 Å². The zero-order valence-electron chi connectivity index (χ0n) is 32.1. The summed E-state index contributed by atoms with van der Waals surface area (Å²) < 4.78 is 52.9. The van der Waals surface area contributed by atoms with Crippen LogP contribution in [0.15, 0.2) is 41.2 Å². The van der Waals surface area contributed by atoms with Crippen molar-refractivity contribution < 1.29 is 82.5 Å². The Hall–Kier alpha value is -1.06. The molecule has 1 radical (unpaired) electrons. The molecule has 0 spiro atoms. The fourth-order valence-electron chi connectivity index (χ4n) is 6.73. The Morgan fingerprint density at radius 3 is 1.52 bits per heavy atom. The summed E-state index contributed by atoms with van der Waals surface area (Å²) in [6.45, 7) is 8.46. The second-order valence-corrected chi connectivity index (χ2v) is 17.3. The minimum absolute atomic E-state index is 0. The summed E-state index contributed by atoms with van der Waals surface area (Å²) in [6, 6.07) is 10.0. The first kappa shape index (κ1) is 50.9. The molecule has 11 heteroatoms. The molecule has 1 aromatic heterocycles. The summed E-state index contributed by atoms with van der Waals surface area (Å²) in [4.78, 5) is 24.0. The number of alkyl halides is 3. The molecule has 2 aromatic carbocycles. The number of nitrogens with zero attached hydrogens (tertiary/aromatic N) is 1. The fourth-order valence-corrected chi connectivity index (χ4v) is 9.80. The monoisotopic (exact) mass is 892 g/mol. The molecular weight excluding hydrogens is 826 g/mol. The van der Waals surface area contributed by atoms with Crippen LogP contribution in [-0.4, -0.2) is 45.6 Å². The van der Waals surface area contributed by atoms with E-state index in [1.165, 1.54) is 122 Å². The molecule has 0 unspecified atom stereocenters. The molecule has 0 aliphatic carbocycles. The van der Waals surface area contributed by atoms with Crippen LogP contribution in [0.5, 0.6) is 5.75 Å². The summed E-state index contributed by atoms with van der Waals surface area (Å²) in [7, 11) is -1.89. The Balaban J connectivity index is 0.000000964. The third-order valence-corrected chi connectivity index (χ3v) is 13.1. The van der Waals surface area contributed by atoms with E-state index < -0.39 is 36.0 Å². The van der Waals surface area contributed by atoms with Gasteiger partial charge in [-0.3, -0.25) is 9.59 Å². The second-order valence-electron chi connectivity index (χ2n) is 13.8. The summed E-state index contributed by atoms with van der Waals surface area (Å²) in [6.07, 6.45) is 21.6. The molecule has 0 amide bonds. The number of fused-ring (bicyclic) bond motifs is 3. The van der Waals surface area contributed by atoms with Gasteiger partial charge in [0.15, 0.2) is 0 Å². The Morgan fingerprint density at radius 2 is 1.10 bits per heavy atom. The maximum atomic E-state index is 13.5. The first-order valence-electron chi connectivity index (χ1n) is 19.4. The van der Waals surface area contributed by atoms with Gasteiger partial charge in [-0.05, 0) is 37.6 Å². The Kier molecular flexibility index (Phi) is 27.0. The average Bonchev–Trinajstić information content (AvgIpc) is 3.09. The van der Waals surface area contributed by atoms with Crippen LogP contribution in [0, 0.1) is 49.4 Å². The van der Waals surface area contributed by atoms with Gasteiger partial charge in [0.25, 0.3) is 11.3 Å². The van der Waals surface area contributed by atoms with Crippen molar-refractivity contribution in [3.05, 3.63) is 52.3 Å². The number of aryl methyl sites for hydroxylation is 1. The van der Waals surface area contributed by atoms with E-state index in [0.29, 0.717) is 10.9 Å². The summed E-state index contributed by atoms with van der Waals surface area (Å²) in [5.74, 6) is -3.28. The molecule has 52 heavy (non-hydrogen) atoms. The molecule has 6 nitrogen and oxygen atoms in total. The van der Waals surface area contributed by atoms with Crippen molar-refractivity contribution in [2.75, 3.05) is 18.5 Å². The van der Waals surface area contributed by atoms with Crippen molar-refractivity contribution in [2.45, 2.75) is 156 Å². The van der Waals surface area contributed by atoms with E-state index in [-0.39, 0.29) is 66.8 Å². The van der Waals surface area contributed by atoms with E-state index in [0.717, 1.165) is 28.4 Å². The van der Waals surface area contributed by atoms with E-state index in [1.54, 1.807) is 37.3 Å². The standard InChI is InChI=1S/C24H51OP.C17H12F3NO3.Eu.H2O/c1-4-7-10-13-16-19-22-26(25,23-20-17-14-11-8-5-2)24-21-18-15-12-9-6-3;1-2-21-13-10-6-4-3-5-9(10)7-8-11(13)14(22)12(16(21)24)15(23)17(18,19)20;;/h4-24H2,1-3H3;3-8,22H,2H2,1H3;;1H2. The van der Waals surface area contributed by atoms with Gasteiger partial charge in [-0.2, -0.15) is 13.2 Å². The van der Waals surface area contributed by atoms with Crippen LogP contribution in [0.1, 0.15) is 154 Å². The van der Waals surface area contributed by atoms with Crippen LogP contribution in [0.25, 0.3) is 21.7 Å². The quantitative estimate of drug-likeness (QED) is 0.0443. The molecule has 0 saturated carbocycles. The van der Waals surface area contributed by atoms with E-state index in [9.17, 15) is 32.4 Å². The Morgan fingerprint density at radius 1 is 0.673 bits per heavy atom. The smallest absolute Gasteiger partial charge is 0.455 e. The van der Waals surface area contributed by atoms with Crippen molar-refractivity contribution >= 4 is 34.6 Å². The molecule has 3 rings (SSSR count). The summed E-state index contributed by atoms with van der Waals surface area (Å²) >= 11 is 0. The van der Waals surface area contributed by atoms with Crippen LogP contribution in [0.2, 0.25) is 0 Å². The number of carbonyl (C=O) groups is 1. The van der Waals surface area contributed by atoms with E-state index in [1.807, 2.05) is 0 Å². The molecule has 0 saturated heterocycles. The minimum atomic E-state index is -5.24. The third kappa shape index (κ3) is 16.8. The number of Topliss-reactive ketones (excluding diaryl/α,β-unsaturated/α-hetero) is 1. The third-order valence-electron chi connectivity index (χ3n) is 9.68. The fraction of sp³-hybridized carbons (Fsp3) is 0.659. The van der Waals surface area contributed by atoms with E-state index in [4.69, 9.17) is 0 Å². The predicted molar refractivity (Wildman–Crippen MR) is 209 cm³/mol. The SMILES string of the molecule is CCCCCCCCP(=O)(CCCCCCCC)CCCCCCCC.CCn1c(=O)c(C(=O)C(F)(F)F)c(O)c2ccc3ccccc3c21.O.[Eu]. The van der Waals surface area contributed by atoms with Crippen LogP contribution >= 0.6 is 7.14 Å². The number of hydrogen-bond donors (Lipinski definition) is 1. The van der Waals surface area contributed by atoms with Gasteiger partial charge in [-0.15, -0.1) is 0 Å². The van der Waals surface area contributed by atoms with Gasteiger partial charge < -0.3 is 19.7 Å². The van der Waals surface area contributed by atoms with Gasteiger partial charge >= 0.3 is 6.18 Å². The number of halogens is 3. The van der Waals surface area contributed by atoms with Gasteiger partial charge in [0.05, 0.1) is 12.7 Å². The van der Waals surface area contributed by atoms with Crippen molar-refractivity contribution in [3.63, 3.8) is 0 Å². The van der Waals surface area contributed by atoms with Crippen molar-refractivity contribution in [1.82, 2.24) is 4.57 Å². The van der Waals surface area contributed by atoms with Crippen LogP contribution in [0.4, 0.5) is 13.2 Å². The van der Waals surface area contributed by atoms with E-state index >= 15 is 0 Å². The zero-order chi connectivity index (χ0) is 37.0. The molecular formula is C41H65EuF3NO5P. The van der Waals surface area contributed by atoms with Crippen LogP contribution in [-0.2, 0) is 11.1 Å². The first-order chi connectivity index (χ1) is 24.0. The van der Waals surface area contributed by atoms with Crippen molar-refractivity contribution in [3.8, 4) is 5.75 Å². The van der Waals surface area contributed by atoms with Gasteiger partial charge in [0.2, 0.25) is 0 Å². The molecule has 0 aliphatic heterocycles. The molecule has 0 bridgehead atoms. The number of benzene rings is 2. The number of ketones is 1. The van der Waals surface area contributed by atoms with Crippen LogP contribution < -0.4 is 5.56 Å². The average molecular weight is 892 g/mol. The molecule has 1 heterocycles. The van der Waals surface area contributed by atoms with Gasteiger partial charge in [0.1, 0.15) is 11.3 Å². The summed E-state index contributed by atoms with van der Waals surface area (Å²) in [5.41, 5.74) is -2.09. The second kappa shape index (κ2) is 27.5. The normalized spacial score (nSPS) is 11.5. The zero-order valence-corrected chi connectivity index (χ0v) is 35.4. The summed E-state index contributed by atoms with van der Waals surface area (Å²) in [5, 5.41) is 11.6. The molecule has 0 atom stereocenters.